The van der Waals surface area contributed by atoms with Gasteiger partial charge in [-0.15, -0.1) is 0 Å². The molecule has 136 valence electrons. The molecular formula is C19H21N3O3S. The van der Waals surface area contributed by atoms with E-state index in [9.17, 15) is 8.42 Å². The average molecular weight is 371 g/mol. The topological polar surface area (TPSA) is 85.1 Å². The van der Waals surface area contributed by atoms with Crippen molar-refractivity contribution in [1.82, 2.24) is 14.9 Å². The molecule has 0 aliphatic rings. The first kappa shape index (κ1) is 18.3. The summed E-state index contributed by atoms with van der Waals surface area (Å²) in [4.78, 5) is 4.48. The van der Waals surface area contributed by atoms with Crippen LogP contribution in [0.5, 0.6) is 0 Å². The predicted molar refractivity (Wildman–Crippen MR) is 99.0 cm³/mol. The van der Waals surface area contributed by atoms with Crippen LogP contribution in [0.25, 0.3) is 11.4 Å². The number of benzene rings is 2. The highest BCUT2D eigenvalue weighted by atomic mass is 32.2. The lowest BCUT2D eigenvalue weighted by atomic mass is 10.0. The predicted octanol–water partition coefficient (Wildman–Crippen LogP) is 3.65. The van der Waals surface area contributed by atoms with Gasteiger partial charge in [0, 0.05) is 5.56 Å². The summed E-state index contributed by atoms with van der Waals surface area (Å²) in [5.41, 5.74) is 2.96. The Morgan fingerprint density at radius 2 is 1.77 bits per heavy atom. The normalized spacial score (nSPS) is 11.8. The lowest BCUT2D eigenvalue weighted by Crippen LogP contribution is -2.23. The molecule has 0 aliphatic carbocycles. The van der Waals surface area contributed by atoms with E-state index in [1.807, 2.05) is 43.3 Å². The third kappa shape index (κ3) is 4.00. The van der Waals surface area contributed by atoms with Gasteiger partial charge in [-0.05, 0) is 36.1 Å². The number of sulfonamides is 1. The zero-order valence-corrected chi connectivity index (χ0v) is 15.7. The van der Waals surface area contributed by atoms with E-state index in [0.717, 1.165) is 16.7 Å². The molecule has 0 fully saturated rings. The molecule has 0 saturated carbocycles. The van der Waals surface area contributed by atoms with Gasteiger partial charge in [0.05, 0.1) is 11.4 Å². The molecule has 0 unspecified atom stereocenters. The van der Waals surface area contributed by atoms with E-state index < -0.39 is 10.0 Å². The molecule has 6 nitrogen and oxygen atoms in total. The highest BCUT2D eigenvalue weighted by Gasteiger charge is 2.17. The highest BCUT2D eigenvalue weighted by Crippen LogP contribution is 2.20. The molecule has 26 heavy (non-hydrogen) atoms. The Morgan fingerprint density at radius 3 is 2.42 bits per heavy atom. The van der Waals surface area contributed by atoms with Crippen LogP contribution in [-0.4, -0.2) is 18.6 Å². The summed E-state index contributed by atoms with van der Waals surface area (Å²) in [6, 6.07) is 14.5. The lowest BCUT2D eigenvalue weighted by molar-refractivity contribution is 0.376. The van der Waals surface area contributed by atoms with Crippen LogP contribution in [0.15, 0.2) is 57.9 Å². The zero-order chi connectivity index (χ0) is 18.7. The van der Waals surface area contributed by atoms with E-state index in [4.69, 9.17) is 4.52 Å². The first-order valence-corrected chi connectivity index (χ1v) is 9.83. The number of aryl methyl sites for hydroxylation is 1. The number of hydrogen-bond donors (Lipinski definition) is 1. The van der Waals surface area contributed by atoms with Gasteiger partial charge in [-0.2, -0.15) is 4.98 Å². The van der Waals surface area contributed by atoms with E-state index >= 15 is 0 Å². The second kappa shape index (κ2) is 7.39. The number of rotatable bonds is 6. The van der Waals surface area contributed by atoms with Crippen LogP contribution >= 0.6 is 0 Å². The Kier molecular flexibility index (Phi) is 5.20. The minimum Gasteiger partial charge on any atom is -0.338 e. The second-order valence-electron chi connectivity index (χ2n) is 6.37. The molecule has 1 heterocycles. The summed E-state index contributed by atoms with van der Waals surface area (Å²) in [7, 11) is -3.64. The maximum Gasteiger partial charge on any atom is 0.242 e. The van der Waals surface area contributed by atoms with Crippen molar-refractivity contribution < 1.29 is 12.9 Å². The van der Waals surface area contributed by atoms with Crippen molar-refractivity contribution in [2.45, 2.75) is 38.1 Å². The fourth-order valence-electron chi connectivity index (χ4n) is 2.53. The Labute approximate surface area is 153 Å². The van der Waals surface area contributed by atoms with Crippen molar-refractivity contribution in [1.29, 1.82) is 0 Å². The molecule has 0 saturated heterocycles. The van der Waals surface area contributed by atoms with Crippen LogP contribution < -0.4 is 4.72 Å². The summed E-state index contributed by atoms with van der Waals surface area (Å²) >= 11 is 0. The van der Waals surface area contributed by atoms with E-state index in [-0.39, 0.29) is 17.3 Å². The molecule has 0 atom stereocenters. The molecule has 2 aromatic carbocycles. The Bertz CT molecular complexity index is 993. The van der Waals surface area contributed by atoms with Crippen molar-refractivity contribution >= 4 is 10.0 Å². The SMILES string of the molecule is Cc1ccccc1-c1noc(CNS(=O)(=O)c2ccc(C(C)C)cc2)n1. The zero-order valence-electron chi connectivity index (χ0n) is 14.9. The largest absolute Gasteiger partial charge is 0.338 e. The van der Waals surface area contributed by atoms with Gasteiger partial charge < -0.3 is 4.52 Å². The summed E-state index contributed by atoms with van der Waals surface area (Å²) in [6.45, 7) is 6.01. The van der Waals surface area contributed by atoms with Crippen molar-refractivity contribution in [3.63, 3.8) is 0 Å². The van der Waals surface area contributed by atoms with Gasteiger partial charge >= 0.3 is 0 Å². The molecule has 1 N–H and O–H groups in total. The van der Waals surface area contributed by atoms with Gasteiger partial charge in [-0.1, -0.05) is 55.4 Å². The van der Waals surface area contributed by atoms with Crippen molar-refractivity contribution in [3.8, 4) is 11.4 Å². The molecule has 3 rings (SSSR count). The molecule has 0 radical (unpaired) electrons. The minimum atomic E-state index is -3.64. The van der Waals surface area contributed by atoms with Crippen LogP contribution in [0, 0.1) is 6.92 Å². The highest BCUT2D eigenvalue weighted by molar-refractivity contribution is 7.89. The molecule has 0 spiro atoms. The summed E-state index contributed by atoms with van der Waals surface area (Å²) < 4.78 is 32.5. The van der Waals surface area contributed by atoms with Crippen LogP contribution in [0.2, 0.25) is 0 Å². The maximum atomic E-state index is 12.4. The number of nitrogens with one attached hydrogen (secondary N) is 1. The van der Waals surface area contributed by atoms with Gasteiger partial charge in [0.15, 0.2) is 0 Å². The maximum absolute atomic E-state index is 12.4. The van der Waals surface area contributed by atoms with Crippen molar-refractivity contribution in [2.24, 2.45) is 0 Å². The average Bonchev–Trinajstić information content (AvgIpc) is 3.09. The third-order valence-corrected chi connectivity index (χ3v) is 5.54. The second-order valence-corrected chi connectivity index (χ2v) is 8.14. The Balaban J connectivity index is 1.71. The Hall–Kier alpha value is -2.51. The number of nitrogens with zero attached hydrogens (tertiary/aromatic N) is 2. The van der Waals surface area contributed by atoms with Gasteiger partial charge in [0.1, 0.15) is 0 Å². The van der Waals surface area contributed by atoms with Crippen LogP contribution in [-0.2, 0) is 16.6 Å². The first-order valence-electron chi connectivity index (χ1n) is 8.35. The lowest BCUT2D eigenvalue weighted by Gasteiger charge is -2.08. The van der Waals surface area contributed by atoms with Crippen LogP contribution in [0.4, 0.5) is 0 Å². The Morgan fingerprint density at radius 1 is 1.08 bits per heavy atom. The van der Waals surface area contributed by atoms with Gasteiger partial charge in [0.25, 0.3) is 0 Å². The molecule has 3 aromatic rings. The van der Waals surface area contributed by atoms with Crippen LogP contribution in [0.3, 0.4) is 0 Å². The van der Waals surface area contributed by atoms with E-state index in [1.165, 1.54) is 0 Å². The summed E-state index contributed by atoms with van der Waals surface area (Å²) in [6.07, 6.45) is 0. The minimum absolute atomic E-state index is 0.0624. The van der Waals surface area contributed by atoms with Gasteiger partial charge in [-0.3, -0.25) is 0 Å². The fraction of sp³-hybridized carbons (Fsp3) is 0.263. The van der Waals surface area contributed by atoms with Crippen LogP contribution in [0.1, 0.15) is 36.8 Å². The standard InChI is InChI=1S/C19H21N3O3S/c1-13(2)15-8-10-16(11-9-15)26(23,24)20-12-18-21-19(22-25-18)17-7-5-4-6-14(17)3/h4-11,13,20H,12H2,1-3H3. The molecule has 0 amide bonds. The van der Waals surface area contributed by atoms with E-state index in [2.05, 4.69) is 28.7 Å². The fourth-order valence-corrected chi connectivity index (χ4v) is 3.51. The summed E-state index contributed by atoms with van der Waals surface area (Å²) in [5.74, 6) is 1.00. The quantitative estimate of drug-likeness (QED) is 0.715. The molecule has 1 aromatic heterocycles. The molecule has 0 bridgehead atoms. The molecule has 0 aliphatic heterocycles. The van der Waals surface area contributed by atoms with Crippen molar-refractivity contribution in [3.05, 3.63) is 65.5 Å². The van der Waals surface area contributed by atoms with Gasteiger partial charge in [-0.25, -0.2) is 13.1 Å². The number of aromatic nitrogens is 2. The summed E-state index contributed by atoms with van der Waals surface area (Å²) in [5, 5.41) is 3.93. The molecule has 7 heteroatoms. The monoisotopic (exact) mass is 371 g/mol. The van der Waals surface area contributed by atoms with Gasteiger partial charge in [0.2, 0.25) is 21.7 Å². The number of hydrogen-bond acceptors (Lipinski definition) is 5. The van der Waals surface area contributed by atoms with Crippen molar-refractivity contribution in [2.75, 3.05) is 0 Å². The first-order chi connectivity index (χ1) is 12.4. The smallest absolute Gasteiger partial charge is 0.242 e. The van der Waals surface area contributed by atoms with E-state index in [1.54, 1.807) is 12.1 Å². The molecular weight excluding hydrogens is 350 g/mol. The van der Waals surface area contributed by atoms with E-state index in [0.29, 0.717) is 11.7 Å². The third-order valence-electron chi connectivity index (χ3n) is 4.12.